The van der Waals surface area contributed by atoms with Crippen LogP contribution in [0.4, 0.5) is 0 Å². The van der Waals surface area contributed by atoms with E-state index in [0.29, 0.717) is 25.7 Å². The van der Waals surface area contributed by atoms with Gasteiger partial charge >= 0.3 is 39.5 Å². The van der Waals surface area contributed by atoms with Crippen LogP contribution in [0.5, 0.6) is 0 Å². The number of unbranched alkanes of at least 4 members (excludes halogenated alkanes) is 41. The molecule has 88 heavy (non-hydrogen) atoms. The van der Waals surface area contributed by atoms with Crippen molar-refractivity contribution in [3.8, 4) is 0 Å². The van der Waals surface area contributed by atoms with Gasteiger partial charge in [-0.25, -0.2) is 9.13 Å². The van der Waals surface area contributed by atoms with Crippen LogP contribution in [0.1, 0.15) is 356 Å². The third kappa shape index (κ3) is 62.8. The molecule has 0 rings (SSSR count). The van der Waals surface area contributed by atoms with Gasteiger partial charge in [0.25, 0.3) is 0 Å². The third-order valence-electron chi connectivity index (χ3n) is 16.0. The van der Waals surface area contributed by atoms with Crippen LogP contribution in [-0.4, -0.2) is 96.7 Å². The summed E-state index contributed by atoms with van der Waals surface area (Å²) in [5.74, 6) is -1.36. The maximum Gasteiger partial charge on any atom is 0.472 e. The number of carbonyl (C=O) groups excluding carboxylic acids is 4. The van der Waals surface area contributed by atoms with Crippen LogP contribution in [0, 0.1) is 5.92 Å². The predicted octanol–water partition coefficient (Wildman–Crippen LogP) is 19.7. The van der Waals surface area contributed by atoms with Crippen LogP contribution in [0.15, 0.2) is 0 Å². The highest BCUT2D eigenvalue weighted by atomic mass is 31.2. The maximum absolute atomic E-state index is 13.0. The van der Waals surface area contributed by atoms with Crippen LogP contribution in [0.2, 0.25) is 0 Å². The van der Waals surface area contributed by atoms with E-state index >= 15 is 0 Å². The SMILES string of the molecule is CCCCCCCCCCCCCCCCC(=O)OC[C@H](COP(=O)(O)OC[C@@H](O)COP(=O)(O)OC[C@@H](COC(=O)CCCCCCCCC)OC(=O)CCCCCCCCCCCCCCC)OC(=O)CCCCCCCCCCCCCC(C)C. The lowest BCUT2D eigenvalue weighted by Gasteiger charge is -2.21. The summed E-state index contributed by atoms with van der Waals surface area (Å²) in [5.41, 5.74) is 0. The Morgan fingerprint density at radius 2 is 0.523 bits per heavy atom. The molecule has 0 bridgehead atoms. The molecule has 0 aliphatic heterocycles. The molecule has 0 heterocycles. The molecule has 17 nitrogen and oxygen atoms in total. The maximum atomic E-state index is 13.0. The minimum absolute atomic E-state index is 0.107. The van der Waals surface area contributed by atoms with Crippen molar-refractivity contribution in [3.05, 3.63) is 0 Å². The normalized spacial score (nSPS) is 14.1. The predicted molar refractivity (Wildman–Crippen MR) is 354 cm³/mol. The van der Waals surface area contributed by atoms with Crippen molar-refractivity contribution in [2.45, 2.75) is 374 Å². The van der Waals surface area contributed by atoms with Gasteiger partial charge in [0.05, 0.1) is 26.4 Å². The van der Waals surface area contributed by atoms with E-state index in [4.69, 9.17) is 37.0 Å². The van der Waals surface area contributed by atoms with Crippen LogP contribution in [-0.2, 0) is 65.4 Å². The summed E-state index contributed by atoms with van der Waals surface area (Å²) >= 11 is 0. The van der Waals surface area contributed by atoms with E-state index < -0.39 is 97.5 Å². The van der Waals surface area contributed by atoms with Crippen molar-refractivity contribution in [1.82, 2.24) is 0 Å². The smallest absolute Gasteiger partial charge is 0.462 e. The molecule has 0 aromatic rings. The molecule has 0 fully saturated rings. The fourth-order valence-corrected chi connectivity index (χ4v) is 12.0. The largest absolute Gasteiger partial charge is 0.472 e. The number of aliphatic hydroxyl groups is 1. The van der Waals surface area contributed by atoms with Gasteiger partial charge in [0, 0.05) is 25.7 Å². The van der Waals surface area contributed by atoms with Crippen LogP contribution < -0.4 is 0 Å². The van der Waals surface area contributed by atoms with E-state index in [0.717, 1.165) is 109 Å². The first-order valence-electron chi connectivity index (χ1n) is 36.1. The summed E-state index contributed by atoms with van der Waals surface area (Å²) in [4.78, 5) is 72.4. The van der Waals surface area contributed by atoms with E-state index in [9.17, 15) is 43.2 Å². The van der Waals surface area contributed by atoms with Crippen molar-refractivity contribution in [2.24, 2.45) is 5.92 Å². The number of phosphoric ester groups is 2. The second-order valence-corrected chi connectivity index (χ2v) is 28.3. The highest BCUT2D eigenvalue weighted by molar-refractivity contribution is 7.47. The summed E-state index contributed by atoms with van der Waals surface area (Å²) in [7, 11) is -9.89. The summed E-state index contributed by atoms with van der Waals surface area (Å²) in [5, 5.41) is 10.6. The lowest BCUT2D eigenvalue weighted by atomic mass is 10.0. The molecule has 3 N–H and O–H groups in total. The fraction of sp³-hybridized carbons (Fsp3) is 0.942. The molecular formula is C69H134O17P2. The van der Waals surface area contributed by atoms with Crippen LogP contribution in [0.3, 0.4) is 0 Å². The van der Waals surface area contributed by atoms with Crippen molar-refractivity contribution in [1.29, 1.82) is 0 Å². The molecule has 0 spiro atoms. The summed E-state index contributed by atoms with van der Waals surface area (Å²) in [6.07, 6.45) is 48.5. The first-order valence-corrected chi connectivity index (χ1v) is 39.1. The van der Waals surface area contributed by atoms with Gasteiger partial charge in [0.2, 0.25) is 0 Å². The van der Waals surface area contributed by atoms with Gasteiger partial charge in [-0.3, -0.25) is 37.3 Å². The number of aliphatic hydroxyl groups excluding tert-OH is 1. The van der Waals surface area contributed by atoms with Crippen LogP contribution >= 0.6 is 15.6 Å². The molecule has 2 unspecified atom stereocenters. The van der Waals surface area contributed by atoms with Crippen molar-refractivity contribution >= 4 is 39.5 Å². The van der Waals surface area contributed by atoms with Crippen molar-refractivity contribution in [3.63, 3.8) is 0 Å². The minimum atomic E-state index is -4.95. The Morgan fingerprint density at radius 1 is 0.307 bits per heavy atom. The molecule has 0 aromatic heterocycles. The molecule has 0 saturated heterocycles. The number of rotatable bonds is 69. The summed E-state index contributed by atoms with van der Waals surface area (Å²) in [6, 6.07) is 0. The average Bonchev–Trinajstić information content (AvgIpc) is 3.55. The lowest BCUT2D eigenvalue weighted by Crippen LogP contribution is -2.30. The molecule has 0 amide bonds. The molecule has 19 heteroatoms. The van der Waals surface area contributed by atoms with Crippen molar-refractivity contribution in [2.75, 3.05) is 39.6 Å². The van der Waals surface area contributed by atoms with Gasteiger partial charge in [-0.2, -0.15) is 0 Å². The molecular weight excluding hydrogens is 1160 g/mol. The van der Waals surface area contributed by atoms with Gasteiger partial charge in [0.1, 0.15) is 19.3 Å². The quantitative estimate of drug-likeness (QED) is 0.0222. The minimum Gasteiger partial charge on any atom is -0.462 e. The monoisotopic (exact) mass is 1300 g/mol. The molecule has 0 saturated carbocycles. The van der Waals surface area contributed by atoms with E-state index in [1.807, 2.05) is 0 Å². The van der Waals surface area contributed by atoms with Gasteiger partial charge < -0.3 is 33.8 Å². The molecule has 0 aliphatic rings. The number of carbonyl (C=O) groups is 4. The fourth-order valence-electron chi connectivity index (χ4n) is 10.5. The van der Waals surface area contributed by atoms with E-state index in [-0.39, 0.29) is 25.7 Å². The van der Waals surface area contributed by atoms with Gasteiger partial charge in [0.15, 0.2) is 12.2 Å². The Kier molecular flexibility index (Phi) is 61.1. The van der Waals surface area contributed by atoms with Crippen molar-refractivity contribution < 1.29 is 80.2 Å². The zero-order valence-electron chi connectivity index (χ0n) is 56.9. The molecule has 0 radical (unpaired) electrons. The molecule has 5 atom stereocenters. The van der Waals surface area contributed by atoms with E-state index in [1.54, 1.807) is 0 Å². The number of hydrogen-bond acceptors (Lipinski definition) is 15. The summed E-state index contributed by atoms with van der Waals surface area (Å²) < 4.78 is 68.2. The second-order valence-electron chi connectivity index (χ2n) is 25.4. The van der Waals surface area contributed by atoms with Crippen LogP contribution in [0.25, 0.3) is 0 Å². The third-order valence-corrected chi connectivity index (χ3v) is 17.9. The topological polar surface area (TPSA) is 237 Å². The second kappa shape index (κ2) is 62.5. The molecule has 0 aromatic carbocycles. The Morgan fingerprint density at radius 3 is 0.773 bits per heavy atom. The standard InChI is InChI=1S/C69H134O17P2/c1-6-9-12-15-18-20-22-24-26-29-33-38-43-48-53-67(72)80-59-65(86-69(74)55-50-45-40-35-31-27-28-32-37-41-46-51-62(4)5)61-84-88(77,78)82-57-63(70)56-81-87(75,76)83-60-64(58-79-66(71)52-47-42-36-17-14-11-8-3)85-68(73)54-49-44-39-34-30-25-23-21-19-16-13-10-7-2/h62-65,70H,6-61H2,1-5H3,(H,75,76)(H,77,78)/t63-,64+,65+/m0/s1. The van der Waals surface area contributed by atoms with Gasteiger partial charge in [-0.1, -0.05) is 304 Å². The van der Waals surface area contributed by atoms with Gasteiger partial charge in [-0.05, 0) is 31.6 Å². The Labute approximate surface area is 537 Å². The first kappa shape index (κ1) is 86.1. The average molecular weight is 1300 g/mol. The van der Waals surface area contributed by atoms with Gasteiger partial charge in [-0.15, -0.1) is 0 Å². The highest BCUT2D eigenvalue weighted by Crippen LogP contribution is 2.45. The number of esters is 4. The Hall–Kier alpha value is -1.94. The van der Waals surface area contributed by atoms with E-state index in [2.05, 4.69) is 34.6 Å². The Balaban J connectivity index is 5.21. The summed E-state index contributed by atoms with van der Waals surface area (Å²) in [6.45, 7) is 7.21. The molecule has 522 valence electrons. The number of phosphoric acid groups is 2. The lowest BCUT2D eigenvalue weighted by molar-refractivity contribution is -0.161. The number of ether oxygens (including phenoxy) is 4. The Bertz CT molecular complexity index is 1700. The first-order chi connectivity index (χ1) is 42.5. The number of hydrogen-bond donors (Lipinski definition) is 3. The zero-order chi connectivity index (χ0) is 64.9. The van der Waals surface area contributed by atoms with E-state index in [1.165, 1.54) is 167 Å². The highest BCUT2D eigenvalue weighted by Gasteiger charge is 2.30. The molecule has 0 aliphatic carbocycles. The zero-order valence-corrected chi connectivity index (χ0v) is 58.6.